The Morgan fingerprint density at radius 1 is 1.31 bits per heavy atom. The van der Waals surface area contributed by atoms with Crippen LogP contribution in [0.1, 0.15) is 19.4 Å². The summed E-state index contributed by atoms with van der Waals surface area (Å²) >= 11 is 0. The van der Waals surface area contributed by atoms with Gasteiger partial charge >= 0.3 is 0 Å². The lowest BCUT2D eigenvalue weighted by atomic mass is 9.81. The molecule has 66 valence electrons. The summed E-state index contributed by atoms with van der Waals surface area (Å²) in [6.07, 6.45) is 5.10. The molecule has 0 bridgehead atoms. The number of ketones is 1. The Balaban J connectivity index is 3.09. The van der Waals surface area contributed by atoms with Gasteiger partial charge in [-0.1, -0.05) is 30.3 Å². The van der Waals surface area contributed by atoms with Crippen molar-refractivity contribution in [3.8, 4) is 12.3 Å². The summed E-state index contributed by atoms with van der Waals surface area (Å²) in [6.45, 7) is 3.68. The first-order valence-corrected chi connectivity index (χ1v) is 4.15. The Labute approximate surface area is 78.8 Å². The van der Waals surface area contributed by atoms with Crippen LogP contribution in [0.3, 0.4) is 0 Å². The van der Waals surface area contributed by atoms with Crippen LogP contribution in [-0.2, 0) is 10.2 Å². The summed E-state index contributed by atoms with van der Waals surface area (Å²) in [7, 11) is 0. The van der Waals surface area contributed by atoms with E-state index >= 15 is 0 Å². The number of terminal acetylenes is 1. The smallest absolute Gasteiger partial charge is 0.215 e. The maximum atomic E-state index is 11.4. The second-order valence-electron chi connectivity index (χ2n) is 3.46. The fourth-order valence-corrected chi connectivity index (χ4v) is 1.17. The van der Waals surface area contributed by atoms with Gasteiger partial charge < -0.3 is 0 Å². The van der Waals surface area contributed by atoms with Crippen LogP contribution in [-0.4, -0.2) is 5.78 Å². The van der Waals surface area contributed by atoms with Crippen LogP contribution in [0, 0.1) is 12.3 Å². The molecule has 1 nitrogen and oxygen atoms in total. The molecule has 13 heavy (non-hydrogen) atoms. The van der Waals surface area contributed by atoms with Crippen molar-refractivity contribution in [3.63, 3.8) is 0 Å². The molecule has 0 aromatic heterocycles. The number of benzene rings is 1. The highest BCUT2D eigenvalue weighted by atomic mass is 16.1. The van der Waals surface area contributed by atoms with Crippen molar-refractivity contribution in [2.45, 2.75) is 19.3 Å². The molecular weight excluding hydrogens is 160 g/mol. The Morgan fingerprint density at radius 2 is 1.85 bits per heavy atom. The minimum atomic E-state index is -0.573. The molecule has 0 aliphatic rings. The first kappa shape index (κ1) is 9.54. The maximum Gasteiger partial charge on any atom is 0.215 e. The van der Waals surface area contributed by atoms with Crippen LogP contribution in [0.2, 0.25) is 0 Å². The lowest BCUT2D eigenvalue weighted by molar-refractivity contribution is -0.117. The quantitative estimate of drug-likeness (QED) is 0.493. The molecule has 1 aromatic rings. The van der Waals surface area contributed by atoms with Crippen molar-refractivity contribution >= 4 is 5.78 Å². The highest BCUT2D eigenvalue weighted by molar-refractivity contribution is 6.02. The number of hydrogen-bond donors (Lipinski definition) is 0. The van der Waals surface area contributed by atoms with E-state index in [1.165, 1.54) is 0 Å². The van der Waals surface area contributed by atoms with Crippen LogP contribution in [0.25, 0.3) is 0 Å². The number of hydrogen-bond acceptors (Lipinski definition) is 1. The number of carbonyl (C=O) groups excluding carboxylic acids is 1. The summed E-state index contributed by atoms with van der Waals surface area (Å²) in [4.78, 5) is 11.4. The van der Waals surface area contributed by atoms with Gasteiger partial charge in [0.1, 0.15) is 0 Å². The minimum absolute atomic E-state index is 0.182. The molecule has 0 atom stereocenters. The molecule has 0 radical (unpaired) electrons. The monoisotopic (exact) mass is 172 g/mol. The second-order valence-corrected chi connectivity index (χ2v) is 3.46. The molecule has 0 fully saturated rings. The zero-order valence-electron chi connectivity index (χ0n) is 7.87. The van der Waals surface area contributed by atoms with E-state index in [2.05, 4.69) is 5.92 Å². The standard InChI is InChI=1S/C12H12O/c1-4-11(13)12(2,3)10-8-6-5-7-9-10/h1,5-9H,2-3H3. The van der Waals surface area contributed by atoms with E-state index in [0.717, 1.165) is 5.56 Å². The van der Waals surface area contributed by atoms with Crippen molar-refractivity contribution in [2.24, 2.45) is 0 Å². The Morgan fingerprint density at radius 3 is 2.31 bits per heavy atom. The molecule has 0 N–H and O–H groups in total. The molecule has 1 aromatic carbocycles. The van der Waals surface area contributed by atoms with Crippen LogP contribution in [0.4, 0.5) is 0 Å². The van der Waals surface area contributed by atoms with Gasteiger partial charge in [-0.3, -0.25) is 4.79 Å². The van der Waals surface area contributed by atoms with E-state index in [9.17, 15) is 4.79 Å². The van der Waals surface area contributed by atoms with Crippen LogP contribution >= 0.6 is 0 Å². The Bertz CT molecular complexity index is 341. The van der Waals surface area contributed by atoms with Gasteiger partial charge in [-0.05, 0) is 25.3 Å². The van der Waals surface area contributed by atoms with Gasteiger partial charge in [-0.15, -0.1) is 6.42 Å². The fourth-order valence-electron chi connectivity index (χ4n) is 1.17. The fraction of sp³-hybridized carbons (Fsp3) is 0.250. The van der Waals surface area contributed by atoms with Gasteiger partial charge in [0, 0.05) is 0 Å². The van der Waals surface area contributed by atoms with E-state index in [0.29, 0.717) is 0 Å². The highest BCUT2D eigenvalue weighted by Gasteiger charge is 2.27. The SMILES string of the molecule is C#CC(=O)C(C)(C)c1ccccc1. The zero-order chi connectivity index (χ0) is 9.90. The van der Waals surface area contributed by atoms with Crippen molar-refractivity contribution < 1.29 is 4.79 Å². The Hall–Kier alpha value is -1.55. The van der Waals surface area contributed by atoms with Crippen LogP contribution in [0.5, 0.6) is 0 Å². The lowest BCUT2D eigenvalue weighted by Gasteiger charge is -2.20. The van der Waals surface area contributed by atoms with E-state index in [1.807, 2.05) is 44.2 Å². The third-order valence-electron chi connectivity index (χ3n) is 2.19. The predicted octanol–water partition coefficient (Wildman–Crippen LogP) is 2.17. The van der Waals surface area contributed by atoms with Gasteiger partial charge in [0.25, 0.3) is 0 Å². The molecule has 0 saturated heterocycles. The van der Waals surface area contributed by atoms with Crippen molar-refractivity contribution in [3.05, 3.63) is 35.9 Å². The molecule has 0 spiro atoms. The van der Waals surface area contributed by atoms with Crippen LogP contribution < -0.4 is 0 Å². The maximum absolute atomic E-state index is 11.4. The summed E-state index contributed by atoms with van der Waals surface area (Å²) in [6, 6.07) is 9.55. The molecule has 0 aliphatic heterocycles. The first-order chi connectivity index (χ1) is 6.09. The van der Waals surface area contributed by atoms with E-state index in [-0.39, 0.29) is 5.78 Å². The second kappa shape index (κ2) is 3.45. The molecule has 1 heteroatoms. The van der Waals surface area contributed by atoms with Crippen molar-refractivity contribution in [1.82, 2.24) is 0 Å². The lowest BCUT2D eigenvalue weighted by Crippen LogP contribution is -2.27. The van der Waals surface area contributed by atoms with E-state index in [4.69, 9.17) is 6.42 Å². The molecule has 0 unspecified atom stereocenters. The first-order valence-electron chi connectivity index (χ1n) is 4.15. The third-order valence-corrected chi connectivity index (χ3v) is 2.19. The molecule has 1 rings (SSSR count). The summed E-state index contributed by atoms with van der Waals surface area (Å²) < 4.78 is 0. The minimum Gasteiger partial charge on any atom is -0.284 e. The molecule has 0 aliphatic carbocycles. The average Bonchev–Trinajstić information content (AvgIpc) is 2.18. The van der Waals surface area contributed by atoms with Crippen molar-refractivity contribution in [2.75, 3.05) is 0 Å². The van der Waals surface area contributed by atoms with Crippen molar-refractivity contribution in [1.29, 1.82) is 0 Å². The topological polar surface area (TPSA) is 17.1 Å². The number of rotatable bonds is 2. The van der Waals surface area contributed by atoms with Gasteiger partial charge in [-0.25, -0.2) is 0 Å². The van der Waals surface area contributed by atoms with E-state index in [1.54, 1.807) is 0 Å². The third kappa shape index (κ3) is 1.78. The van der Waals surface area contributed by atoms with Gasteiger partial charge in [0.15, 0.2) is 0 Å². The predicted molar refractivity (Wildman–Crippen MR) is 53.3 cm³/mol. The average molecular weight is 172 g/mol. The van der Waals surface area contributed by atoms with Crippen LogP contribution in [0.15, 0.2) is 30.3 Å². The number of Topliss-reactive ketones (excluding diaryl/α,β-unsaturated/α-hetero) is 1. The summed E-state index contributed by atoms with van der Waals surface area (Å²) in [5.41, 5.74) is 0.383. The molecular formula is C12H12O. The number of carbonyl (C=O) groups is 1. The van der Waals surface area contributed by atoms with Gasteiger partial charge in [-0.2, -0.15) is 0 Å². The Kier molecular flexibility index (Phi) is 2.53. The summed E-state index contributed by atoms with van der Waals surface area (Å²) in [5, 5.41) is 0. The zero-order valence-corrected chi connectivity index (χ0v) is 7.87. The normalized spacial score (nSPS) is 10.5. The molecule has 0 saturated carbocycles. The van der Waals surface area contributed by atoms with E-state index < -0.39 is 5.41 Å². The van der Waals surface area contributed by atoms with Gasteiger partial charge in [0.05, 0.1) is 5.41 Å². The largest absolute Gasteiger partial charge is 0.284 e. The summed E-state index contributed by atoms with van der Waals surface area (Å²) in [5.74, 6) is 1.98. The molecule has 0 amide bonds. The van der Waals surface area contributed by atoms with Gasteiger partial charge in [0.2, 0.25) is 5.78 Å². The highest BCUT2D eigenvalue weighted by Crippen LogP contribution is 2.23. The molecule has 0 heterocycles.